The number of aromatic nitrogens is 6. The van der Waals surface area contributed by atoms with E-state index in [-0.39, 0.29) is 22.9 Å². The van der Waals surface area contributed by atoms with Crippen molar-refractivity contribution in [3.63, 3.8) is 0 Å². The number of nitrogens with zero attached hydrogens (tertiary/aromatic N) is 8. The summed E-state index contributed by atoms with van der Waals surface area (Å²) in [4.78, 5) is 21.6. The van der Waals surface area contributed by atoms with Crippen molar-refractivity contribution in [2.24, 2.45) is 7.05 Å². The van der Waals surface area contributed by atoms with E-state index < -0.39 is 5.82 Å². The number of phenols is 1. The Balaban J connectivity index is 1.12. The number of pyridine rings is 1. The van der Waals surface area contributed by atoms with Crippen LogP contribution in [0.25, 0.3) is 33.5 Å². The Hall–Kier alpha value is -4.53. The number of hydrogen-bond acceptors (Lipinski definition) is 8. The minimum atomic E-state index is -0.459. The molecule has 2 unspecified atom stereocenters. The molecule has 40 heavy (non-hydrogen) atoms. The fourth-order valence-corrected chi connectivity index (χ4v) is 6.06. The fourth-order valence-electron chi connectivity index (χ4n) is 5.83. The van der Waals surface area contributed by atoms with Crippen LogP contribution < -0.4 is 4.90 Å². The van der Waals surface area contributed by atoms with E-state index in [1.54, 1.807) is 29.5 Å². The molecule has 3 fully saturated rings. The minimum Gasteiger partial charge on any atom is -0.506 e. The fraction of sp³-hybridized carbons (Fsp3) is 0.250. The van der Waals surface area contributed by atoms with Crippen molar-refractivity contribution < 1.29 is 9.50 Å². The molecule has 0 amide bonds. The van der Waals surface area contributed by atoms with E-state index in [4.69, 9.17) is 21.6 Å². The zero-order valence-corrected chi connectivity index (χ0v) is 22.1. The minimum absolute atomic E-state index is 0.0247. The molecule has 2 atom stereocenters. The number of hydrogen-bond donors (Lipinski definition) is 2. The van der Waals surface area contributed by atoms with Gasteiger partial charge >= 0.3 is 0 Å². The predicted octanol–water partition coefficient (Wildman–Crippen LogP) is 4.25. The van der Waals surface area contributed by atoms with Crippen LogP contribution >= 0.6 is 11.6 Å². The smallest absolute Gasteiger partial charge is 0.147 e. The normalized spacial score (nSPS) is 18.6. The summed E-state index contributed by atoms with van der Waals surface area (Å²) in [5, 5.41) is 25.2. The zero-order valence-electron chi connectivity index (χ0n) is 21.4. The Morgan fingerprint density at radius 1 is 1.12 bits per heavy atom. The van der Waals surface area contributed by atoms with Crippen LogP contribution in [0.2, 0.25) is 5.02 Å². The Kier molecular flexibility index (Phi) is 5.69. The number of anilines is 1. The van der Waals surface area contributed by atoms with Gasteiger partial charge in [0.25, 0.3) is 0 Å². The SMILES string of the molecule is Cn1cc(-c2cc3c(-c4cnc(N5CC6CC(C5)N6Cc5cc(F)cc(Cl)c5O)cn4)c(C#N)cnc3[nH]2)cn1. The van der Waals surface area contributed by atoms with Crippen molar-refractivity contribution in [3.05, 3.63) is 71.2 Å². The number of aromatic amines is 1. The molecule has 0 saturated carbocycles. The molecule has 7 heterocycles. The quantitative estimate of drug-likeness (QED) is 0.330. The maximum absolute atomic E-state index is 13.9. The molecule has 3 aliphatic heterocycles. The van der Waals surface area contributed by atoms with E-state index in [1.165, 1.54) is 6.07 Å². The van der Waals surface area contributed by atoms with E-state index in [2.05, 4.69) is 30.9 Å². The number of rotatable bonds is 5. The van der Waals surface area contributed by atoms with Gasteiger partial charge in [-0.2, -0.15) is 10.4 Å². The number of aromatic hydroxyl groups is 1. The number of benzene rings is 1. The molecule has 2 bridgehead atoms. The van der Waals surface area contributed by atoms with E-state index in [9.17, 15) is 14.8 Å². The van der Waals surface area contributed by atoms with Crippen LogP contribution in [-0.4, -0.2) is 64.9 Å². The summed E-state index contributed by atoms with van der Waals surface area (Å²) < 4.78 is 15.6. The summed E-state index contributed by atoms with van der Waals surface area (Å²) in [6.07, 6.45) is 9.69. The second kappa shape index (κ2) is 9.29. The number of piperazine rings is 1. The molecule has 1 aromatic carbocycles. The lowest BCUT2D eigenvalue weighted by atomic mass is 9.86. The van der Waals surface area contributed by atoms with Gasteiger partial charge in [-0.3, -0.25) is 14.6 Å². The lowest BCUT2D eigenvalue weighted by molar-refractivity contribution is -0.00923. The van der Waals surface area contributed by atoms with Crippen LogP contribution in [0, 0.1) is 17.1 Å². The number of aryl methyl sites for hydroxylation is 1. The number of phenolic OH excluding ortho intramolecular Hbond substituents is 1. The molecule has 0 spiro atoms. The standard InChI is InChI=1S/C28H23ClFN9O/c1-37-11-17(8-35-37)23-5-21-26(16(6-31)7-34-28(21)36-23)24-9-33-25(10-32-24)38-13-19-4-20(14-38)39(19)12-15-2-18(30)3-22(29)27(15)40/h2-3,5,7-11,19-20,40H,4,12-14H2,1H3,(H,34,36). The highest BCUT2D eigenvalue weighted by Crippen LogP contribution is 2.39. The summed E-state index contributed by atoms with van der Waals surface area (Å²) in [6.45, 7) is 1.91. The van der Waals surface area contributed by atoms with Gasteiger partial charge in [0.1, 0.15) is 29.1 Å². The highest BCUT2D eigenvalue weighted by molar-refractivity contribution is 6.32. The molecule has 8 rings (SSSR count). The third-order valence-corrected chi connectivity index (χ3v) is 8.11. The van der Waals surface area contributed by atoms with Gasteiger partial charge in [0.05, 0.1) is 40.6 Å². The van der Waals surface area contributed by atoms with Crippen LogP contribution in [0.5, 0.6) is 5.75 Å². The van der Waals surface area contributed by atoms with Gasteiger partial charge in [0.2, 0.25) is 0 Å². The van der Waals surface area contributed by atoms with Crippen molar-refractivity contribution >= 4 is 28.5 Å². The van der Waals surface area contributed by atoms with Gasteiger partial charge in [0, 0.05) is 73.2 Å². The first-order valence-corrected chi connectivity index (χ1v) is 13.2. The Morgan fingerprint density at radius 3 is 2.65 bits per heavy atom. The number of nitriles is 1. The molecule has 0 aliphatic carbocycles. The highest BCUT2D eigenvalue weighted by atomic mass is 35.5. The largest absolute Gasteiger partial charge is 0.506 e. The third-order valence-electron chi connectivity index (χ3n) is 7.82. The summed E-state index contributed by atoms with van der Waals surface area (Å²) in [5.41, 5.74) is 4.60. The van der Waals surface area contributed by atoms with Gasteiger partial charge < -0.3 is 15.0 Å². The van der Waals surface area contributed by atoms with Crippen molar-refractivity contribution in [3.8, 4) is 34.3 Å². The molecule has 2 N–H and O–H groups in total. The first-order valence-electron chi connectivity index (χ1n) is 12.8. The summed E-state index contributed by atoms with van der Waals surface area (Å²) in [6, 6.07) is 7.15. The summed E-state index contributed by atoms with van der Waals surface area (Å²) in [7, 11) is 1.86. The number of piperidine rings is 1. The first kappa shape index (κ1) is 24.5. The van der Waals surface area contributed by atoms with Crippen LogP contribution in [0.1, 0.15) is 17.5 Å². The Labute approximate surface area is 233 Å². The predicted molar refractivity (Wildman–Crippen MR) is 147 cm³/mol. The van der Waals surface area contributed by atoms with E-state index in [0.717, 1.165) is 48.0 Å². The van der Waals surface area contributed by atoms with Crippen molar-refractivity contribution in [2.45, 2.75) is 25.0 Å². The van der Waals surface area contributed by atoms with Crippen LogP contribution in [0.3, 0.4) is 0 Å². The molecule has 10 nitrogen and oxygen atoms in total. The molecule has 0 radical (unpaired) electrons. The van der Waals surface area contributed by atoms with Gasteiger partial charge in [-0.15, -0.1) is 0 Å². The second-order valence-corrected chi connectivity index (χ2v) is 10.7. The van der Waals surface area contributed by atoms with Crippen molar-refractivity contribution in [2.75, 3.05) is 18.0 Å². The van der Waals surface area contributed by atoms with Crippen LogP contribution in [0.4, 0.5) is 10.2 Å². The van der Waals surface area contributed by atoms with Crippen LogP contribution in [0.15, 0.2) is 49.2 Å². The van der Waals surface area contributed by atoms with Gasteiger partial charge in [-0.05, 0) is 24.6 Å². The van der Waals surface area contributed by atoms with Gasteiger partial charge in [0.15, 0.2) is 0 Å². The topological polar surface area (TPSA) is 123 Å². The number of halogens is 2. The molecule has 3 aliphatic rings. The number of H-pyrrole nitrogens is 1. The Morgan fingerprint density at radius 2 is 1.95 bits per heavy atom. The van der Waals surface area contributed by atoms with E-state index in [1.807, 2.05) is 19.3 Å². The zero-order chi connectivity index (χ0) is 27.5. The van der Waals surface area contributed by atoms with Crippen LogP contribution in [-0.2, 0) is 13.6 Å². The highest BCUT2D eigenvalue weighted by Gasteiger charge is 2.45. The first-order chi connectivity index (χ1) is 19.4. The number of fused-ring (bicyclic) bond motifs is 3. The monoisotopic (exact) mass is 555 g/mol. The number of nitrogens with one attached hydrogen (secondary N) is 1. The molecule has 200 valence electrons. The molecule has 5 aromatic rings. The lowest BCUT2D eigenvalue weighted by Gasteiger charge is -2.56. The summed E-state index contributed by atoms with van der Waals surface area (Å²) >= 11 is 5.97. The lowest BCUT2D eigenvalue weighted by Crippen LogP contribution is -2.68. The van der Waals surface area contributed by atoms with Crippen molar-refractivity contribution in [1.82, 2.24) is 34.6 Å². The maximum atomic E-state index is 13.9. The second-order valence-electron chi connectivity index (χ2n) is 10.3. The third kappa shape index (κ3) is 4.04. The van der Waals surface area contributed by atoms with E-state index >= 15 is 0 Å². The van der Waals surface area contributed by atoms with Crippen molar-refractivity contribution in [1.29, 1.82) is 5.26 Å². The summed E-state index contributed by atoms with van der Waals surface area (Å²) in [5.74, 6) is 0.228. The molecule has 4 aromatic heterocycles. The van der Waals surface area contributed by atoms with Gasteiger partial charge in [-0.25, -0.2) is 14.4 Å². The molecule has 3 saturated heterocycles. The Bertz CT molecular complexity index is 1800. The average molecular weight is 556 g/mol. The average Bonchev–Trinajstić information content (AvgIpc) is 3.59. The maximum Gasteiger partial charge on any atom is 0.147 e. The molecular formula is C28H23ClFN9O. The molecular weight excluding hydrogens is 533 g/mol. The van der Waals surface area contributed by atoms with E-state index in [0.29, 0.717) is 34.6 Å². The molecule has 12 heteroatoms. The van der Waals surface area contributed by atoms with Gasteiger partial charge in [-0.1, -0.05) is 11.6 Å².